The molecule has 2 rings (SSSR count). The Morgan fingerprint density at radius 2 is 1.85 bits per heavy atom. The van der Waals surface area contributed by atoms with E-state index in [4.69, 9.17) is 5.10 Å². The van der Waals surface area contributed by atoms with E-state index in [0.29, 0.717) is 12.1 Å². The first kappa shape index (κ1) is 15.6. The summed E-state index contributed by atoms with van der Waals surface area (Å²) in [7, 11) is 0. The number of nitrogens with one attached hydrogen (secondary N) is 1. The molecule has 0 bridgehead atoms. The van der Waals surface area contributed by atoms with E-state index in [1.165, 1.54) is 49.1 Å². The average molecular weight is 277 g/mol. The van der Waals surface area contributed by atoms with Crippen LogP contribution in [0.25, 0.3) is 0 Å². The molecule has 114 valence electrons. The molecule has 20 heavy (non-hydrogen) atoms. The molecule has 1 atom stereocenters. The van der Waals surface area contributed by atoms with Crippen LogP contribution in [0.15, 0.2) is 0 Å². The van der Waals surface area contributed by atoms with Crippen molar-refractivity contribution in [3.05, 3.63) is 17.0 Å². The second kappa shape index (κ2) is 7.26. The molecule has 0 spiro atoms. The minimum absolute atomic E-state index is 0.419. The van der Waals surface area contributed by atoms with Crippen LogP contribution in [0.5, 0.6) is 0 Å². The quantitative estimate of drug-likeness (QED) is 0.845. The summed E-state index contributed by atoms with van der Waals surface area (Å²) in [6.07, 6.45) is 8.90. The van der Waals surface area contributed by atoms with E-state index >= 15 is 0 Å². The van der Waals surface area contributed by atoms with Gasteiger partial charge in [0.1, 0.15) is 0 Å². The summed E-state index contributed by atoms with van der Waals surface area (Å²) in [5, 5.41) is 8.58. The Balaban J connectivity index is 2.36. The third kappa shape index (κ3) is 3.08. The van der Waals surface area contributed by atoms with Gasteiger partial charge in [0, 0.05) is 17.3 Å². The highest BCUT2D eigenvalue weighted by Gasteiger charge is 2.25. The van der Waals surface area contributed by atoms with Crippen LogP contribution in [0.2, 0.25) is 0 Å². The van der Waals surface area contributed by atoms with Crippen molar-refractivity contribution in [2.45, 2.75) is 84.7 Å². The van der Waals surface area contributed by atoms with Gasteiger partial charge in [0.15, 0.2) is 0 Å². The normalized spacial score (nSPS) is 18.4. The van der Waals surface area contributed by atoms with Crippen LogP contribution < -0.4 is 5.32 Å². The molecule has 0 aliphatic heterocycles. The first-order valence-electron chi connectivity index (χ1n) is 8.56. The molecule has 1 aromatic heterocycles. The highest BCUT2D eigenvalue weighted by atomic mass is 15.3. The van der Waals surface area contributed by atoms with Gasteiger partial charge >= 0.3 is 0 Å². The monoisotopic (exact) mass is 277 g/mol. The summed E-state index contributed by atoms with van der Waals surface area (Å²) in [4.78, 5) is 0. The molecule has 1 aromatic rings. The second-order valence-electron chi connectivity index (χ2n) is 6.03. The van der Waals surface area contributed by atoms with E-state index in [1.54, 1.807) is 0 Å². The molecule has 0 amide bonds. The summed E-state index contributed by atoms with van der Waals surface area (Å²) in [5.74, 6) is 0. The third-order valence-corrected chi connectivity index (χ3v) is 4.66. The molecule has 1 saturated carbocycles. The SMILES string of the molecule is CCNC(C)c1c(CC)nn(C2CCCCC2)c1CC. The maximum atomic E-state index is 5.00. The van der Waals surface area contributed by atoms with Crippen molar-refractivity contribution in [3.63, 3.8) is 0 Å². The zero-order valence-electron chi connectivity index (χ0n) is 13.7. The van der Waals surface area contributed by atoms with Crippen molar-refractivity contribution in [1.29, 1.82) is 0 Å². The van der Waals surface area contributed by atoms with Crippen LogP contribution in [-0.4, -0.2) is 16.3 Å². The fourth-order valence-corrected chi connectivity index (χ4v) is 3.68. The van der Waals surface area contributed by atoms with Crippen LogP contribution in [0, 0.1) is 0 Å². The molecule has 1 heterocycles. The van der Waals surface area contributed by atoms with Gasteiger partial charge in [-0.3, -0.25) is 4.68 Å². The van der Waals surface area contributed by atoms with E-state index in [9.17, 15) is 0 Å². The molecule has 1 aliphatic carbocycles. The molecule has 1 fully saturated rings. The van der Waals surface area contributed by atoms with Gasteiger partial charge in [0.2, 0.25) is 0 Å². The Kier molecular flexibility index (Phi) is 5.64. The Bertz CT molecular complexity index is 416. The molecular formula is C17H31N3. The Hall–Kier alpha value is -0.830. The summed E-state index contributed by atoms with van der Waals surface area (Å²) in [6.45, 7) is 9.98. The van der Waals surface area contributed by atoms with E-state index in [1.807, 2.05) is 0 Å². The molecule has 0 saturated heterocycles. The van der Waals surface area contributed by atoms with Crippen LogP contribution in [0.1, 0.15) is 88.8 Å². The highest BCUT2D eigenvalue weighted by molar-refractivity contribution is 5.30. The van der Waals surface area contributed by atoms with Crippen molar-refractivity contribution in [1.82, 2.24) is 15.1 Å². The average Bonchev–Trinajstić information content (AvgIpc) is 2.87. The summed E-state index contributed by atoms with van der Waals surface area (Å²) >= 11 is 0. The number of aromatic nitrogens is 2. The maximum Gasteiger partial charge on any atom is 0.0672 e. The Labute approximate surface area is 124 Å². The highest BCUT2D eigenvalue weighted by Crippen LogP contribution is 2.32. The van der Waals surface area contributed by atoms with Gasteiger partial charge < -0.3 is 5.32 Å². The fourth-order valence-electron chi connectivity index (χ4n) is 3.68. The number of hydrogen-bond acceptors (Lipinski definition) is 2. The molecule has 3 nitrogen and oxygen atoms in total. The number of nitrogens with zero attached hydrogens (tertiary/aromatic N) is 2. The minimum Gasteiger partial charge on any atom is -0.310 e. The van der Waals surface area contributed by atoms with Crippen molar-refractivity contribution in [3.8, 4) is 0 Å². The third-order valence-electron chi connectivity index (χ3n) is 4.66. The predicted octanol–water partition coefficient (Wildman–Crippen LogP) is 4.18. The van der Waals surface area contributed by atoms with E-state index in [0.717, 1.165) is 19.4 Å². The van der Waals surface area contributed by atoms with Gasteiger partial charge in [0.05, 0.1) is 11.7 Å². The second-order valence-corrected chi connectivity index (χ2v) is 6.03. The molecule has 1 aliphatic rings. The first-order chi connectivity index (χ1) is 9.72. The summed E-state index contributed by atoms with van der Waals surface area (Å²) < 4.78 is 2.39. The fraction of sp³-hybridized carbons (Fsp3) is 0.824. The molecule has 3 heteroatoms. The topological polar surface area (TPSA) is 29.9 Å². The van der Waals surface area contributed by atoms with Gasteiger partial charge in [0.25, 0.3) is 0 Å². The number of hydrogen-bond donors (Lipinski definition) is 1. The minimum atomic E-state index is 0.419. The lowest BCUT2D eigenvalue weighted by Gasteiger charge is -2.24. The Morgan fingerprint density at radius 3 is 2.40 bits per heavy atom. The molecule has 1 unspecified atom stereocenters. The van der Waals surface area contributed by atoms with Gasteiger partial charge in [-0.1, -0.05) is 40.0 Å². The van der Waals surface area contributed by atoms with Crippen molar-refractivity contribution in [2.75, 3.05) is 6.54 Å². The van der Waals surface area contributed by atoms with Crippen LogP contribution >= 0.6 is 0 Å². The van der Waals surface area contributed by atoms with Gasteiger partial charge in [-0.15, -0.1) is 0 Å². The van der Waals surface area contributed by atoms with Gasteiger partial charge in [-0.05, 0) is 39.2 Å². The standard InChI is InChI=1S/C17H31N3/c1-5-15-17(13(4)18-7-3)16(6-2)20(19-15)14-11-9-8-10-12-14/h13-14,18H,5-12H2,1-4H3. The molecular weight excluding hydrogens is 246 g/mol. The van der Waals surface area contributed by atoms with E-state index < -0.39 is 0 Å². The van der Waals surface area contributed by atoms with Crippen LogP contribution in [0.3, 0.4) is 0 Å². The predicted molar refractivity (Wildman–Crippen MR) is 85.2 cm³/mol. The largest absolute Gasteiger partial charge is 0.310 e. The van der Waals surface area contributed by atoms with E-state index in [-0.39, 0.29) is 0 Å². The lowest BCUT2D eigenvalue weighted by molar-refractivity contribution is 0.321. The van der Waals surface area contributed by atoms with E-state index in [2.05, 4.69) is 37.7 Å². The van der Waals surface area contributed by atoms with Crippen molar-refractivity contribution < 1.29 is 0 Å². The maximum absolute atomic E-state index is 5.00. The Morgan fingerprint density at radius 1 is 1.15 bits per heavy atom. The molecule has 0 aromatic carbocycles. The van der Waals surface area contributed by atoms with Gasteiger partial charge in [-0.2, -0.15) is 5.10 Å². The van der Waals surface area contributed by atoms with Crippen molar-refractivity contribution in [2.24, 2.45) is 0 Å². The first-order valence-corrected chi connectivity index (χ1v) is 8.56. The lowest BCUT2D eigenvalue weighted by atomic mass is 9.95. The van der Waals surface area contributed by atoms with Crippen LogP contribution in [-0.2, 0) is 12.8 Å². The summed E-state index contributed by atoms with van der Waals surface area (Å²) in [6, 6.07) is 1.06. The van der Waals surface area contributed by atoms with Crippen molar-refractivity contribution >= 4 is 0 Å². The zero-order valence-corrected chi connectivity index (χ0v) is 13.7. The number of aryl methyl sites for hydroxylation is 1. The smallest absolute Gasteiger partial charge is 0.0672 e. The molecule has 1 N–H and O–H groups in total. The summed E-state index contributed by atoms with van der Waals surface area (Å²) in [5.41, 5.74) is 4.26. The van der Waals surface area contributed by atoms with Gasteiger partial charge in [-0.25, -0.2) is 0 Å². The number of rotatable bonds is 6. The van der Waals surface area contributed by atoms with Crippen LogP contribution in [0.4, 0.5) is 0 Å². The lowest BCUT2D eigenvalue weighted by Crippen LogP contribution is -2.21. The molecule has 0 radical (unpaired) electrons. The zero-order chi connectivity index (χ0) is 14.5.